The van der Waals surface area contributed by atoms with Gasteiger partial charge in [0.1, 0.15) is 5.75 Å². The molecule has 0 aromatic heterocycles. The van der Waals surface area contributed by atoms with Crippen LogP contribution in [0.3, 0.4) is 0 Å². The molecule has 2 amide bonds. The zero-order valence-electron chi connectivity index (χ0n) is 14.7. The smallest absolute Gasteiger partial charge is 0.409 e. The molecule has 0 aliphatic carbocycles. The Bertz CT molecular complexity index is 896. The molecule has 0 radical (unpaired) electrons. The Morgan fingerprint density at radius 1 is 0.778 bits per heavy atom. The largest absolute Gasteiger partial charge is 0.412 e. The third-order valence-corrected chi connectivity index (χ3v) is 3.89. The van der Waals surface area contributed by atoms with Crippen molar-refractivity contribution in [1.29, 1.82) is 0 Å². The maximum absolute atomic E-state index is 12.5. The Balaban J connectivity index is 1.58. The summed E-state index contributed by atoms with van der Waals surface area (Å²) < 4.78 is 5.33. The van der Waals surface area contributed by atoms with Gasteiger partial charge >= 0.3 is 6.09 Å². The van der Waals surface area contributed by atoms with Gasteiger partial charge in [-0.3, -0.25) is 4.79 Å². The van der Waals surface area contributed by atoms with Crippen LogP contribution >= 0.6 is 0 Å². The molecule has 27 heavy (non-hydrogen) atoms. The summed E-state index contributed by atoms with van der Waals surface area (Å²) in [6, 6.07) is 25.6. The normalized spacial score (nSPS) is 10.1. The number of amides is 2. The van der Waals surface area contributed by atoms with Crippen LogP contribution in [0.2, 0.25) is 0 Å². The standard InChI is InChI=1S/C22H20N2O3/c25-21(24-18-11-5-2-6-12-18)19-13-7-8-14-20(19)27-22(26)23-16-15-17-9-3-1-4-10-17/h1-14H,15-16H2,(H,23,26)(H,24,25). The molecule has 5 heteroatoms. The maximum atomic E-state index is 12.5. The quantitative estimate of drug-likeness (QED) is 0.690. The number of ether oxygens (including phenoxy) is 1. The molecule has 0 atom stereocenters. The summed E-state index contributed by atoms with van der Waals surface area (Å²) in [6.07, 6.45) is 0.109. The molecule has 0 bridgehead atoms. The highest BCUT2D eigenvalue weighted by molar-refractivity contribution is 6.06. The fourth-order valence-corrected chi connectivity index (χ4v) is 2.55. The van der Waals surface area contributed by atoms with Crippen molar-refractivity contribution in [2.45, 2.75) is 6.42 Å². The summed E-state index contributed by atoms with van der Waals surface area (Å²) in [7, 11) is 0. The van der Waals surface area contributed by atoms with E-state index in [0.29, 0.717) is 24.2 Å². The number of carbonyl (C=O) groups is 2. The third kappa shape index (κ3) is 5.44. The van der Waals surface area contributed by atoms with Gasteiger partial charge in [-0.15, -0.1) is 0 Å². The zero-order valence-corrected chi connectivity index (χ0v) is 14.7. The Morgan fingerprint density at radius 2 is 1.41 bits per heavy atom. The number of benzene rings is 3. The number of rotatable bonds is 6. The molecule has 3 aromatic rings. The summed E-state index contributed by atoms with van der Waals surface area (Å²) in [5, 5.41) is 5.49. The van der Waals surface area contributed by atoms with Crippen LogP contribution in [0.15, 0.2) is 84.9 Å². The highest BCUT2D eigenvalue weighted by atomic mass is 16.6. The second-order valence-corrected chi connectivity index (χ2v) is 5.87. The minimum absolute atomic E-state index is 0.211. The number of para-hydroxylation sites is 2. The zero-order chi connectivity index (χ0) is 18.9. The molecule has 136 valence electrons. The van der Waals surface area contributed by atoms with E-state index in [2.05, 4.69) is 10.6 Å². The average molecular weight is 360 g/mol. The molecule has 2 N–H and O–H groups in total. The van der Waals surface area contributed by atoms with Crippen LogP contribution < -0.4 is 15.4 Å². The van der Waals surface area contributed by atoms with Gasteiger partial charge in [0.25, 0.3) is 5.91 Å². The summed E-state index contributed by atoms with van der Waals surface area (Å²) in [5.41, 5.74) is 2.09. The Hall–Kier alpha value is -3.60. The Morgan fingerprint density at radius 3 is 2.15 bits per heavy atom. The number of nitrogens with one attached hydrogen (secondary N) is 2. The summed E-state index contributed by atoms with van der Waals surface area (Å²) in [4.78, 5) is 24.6. The fourth-order valence-electron chi connectivity index (χ4n) is 2.55. The average Bonchev–Trinajstić information content (AvgIpc) is 2.70. The molecular formula is C22H20N2O3. The van der Waals surface area contributed by atoms with Gasteiger partial charge in [0, 0.05) is 12.2 Å². The van der Waals surface area contributed by atoms with Crippen LogP contribution in [0.25, 0.3) is 0 Å². The molecule has 0 fully saturated rings. The summed E-state index contributed by atoms with van der Waals surface area (Å²) in [6.45, 7) is 0.446. The molecule has 0 spiro atoms. The van der Waals surface area contributed by atoms with E-state index in [1.54, 1.807) is 36.4 Å². The van der Waals surface area contributed by atoms with Crippen molar-refractivity contribution in [3.63, 3.8) is 0 Å². The fraction of sp³-hybridized carbons (Fsp3) is 0.0909. The van der Waals surface area contributed by atoms with Gasteiger partial charge in [0.15, 0.2) is 0 Å². The van der Waals surface area contributed by atoms with Crippen LogP contribution in [0.4, 0.5) is 10.5 Å². The minimum Gasteiger partial charge on any atom is -0.409 e. The molecule has 0 aliphatic rings. The van der Waals surface area contributed by atoms with Gasteiger partial charge < -0.3 is 15.4 Å². The lowest BCUT2D eigenvalue weighted by atomic mass is 10.1. The van der Waals surface area contributed by atoms with E-state index in [0.717, 1.165) is 5.56 Å². The highest BCUT2D eigenvalue weighted by Crippen LogP contribution is 2.20. The molecule has 5 nitrogen and oxygen atoms in total. The van der Waals surface area contributed by atoms with Crippen molar-refractivity contribution < 1.29 is 14.3 Å². The molecule has 3 aromatic carbocycles. The van der Waals surface area contributed by atoms with Crippen molar-refractivity contribution in [3.8, 4) is 5.75 Å². The predicted molar refractivity (Wildman–Crippen MR) is 105 cm³/mol. The van der Waals surface area contributed by atoms with Gasteiger partial charge in [0.2, 0.25) is 0 Å². The van der Waals surface area contributed by atoms with Gasteiger partial charge in [-0.2, -0.15) is 0 Å². The van der Waals surface area contributed by atoms with E-state index in [1.165, 1.54) is 0 Å². The predicted octanol–water partition coefficient (Wildman–Crippen LogP) is 4.27. The van der Waals surface area contributed by atoms with Crippen LogP contribution in [0.5, 0.6) is 5.75 Å². The minimum atomic E-state index is -0.592. The van der Waals surface area contributed by atoms with Crippen LogP contribution in [-0.2, 0) is 6.42 Å². The van der Waals surface area contributed by atoms with Gasteiger partial charge in [-0.1, -0.05) is 60.7 Å². The highest BCUT2D eigenvalue weighted by Gasteiger charge is 2.15. The monoisotopic (exact) mass is 360 g/mol. The van der Waals surface area contributed by atoms with E-state index in [1.807, 2.05) is 48.5 Å². The SMILES string of the molecule is O=C(NCCc1ccccc1)Oc1ccccc1C(=O)Nc1ccccc1. The number of hydrogen-bond donors (Lipinski definition) is 2. The Kier molecular flexibility index (Phi) is 6.20. The molecule has 3 rings (SSSR count). The molecule has 0 unspecified atom stereocenters. The lowest BCUT2D eigenvalue weighted by molar-refractivity contribution is 0.102. The van der Waals surface area contributed by atoms with Crippen molar-refractivity contribution in [2.24, 2.45) is 0 Å². The van der Waals surface area contributed by atoms with E-state index in [9.17, 15) is 9.59 Å². The first-order chi connectivity index (χ1) is 13.2. The molecular weight excluding hydrogens is 340 g/mol. The molecule has 0 saturated carbocycles. The molecule has 0 heterocycles. The number of anilines is 1. The molecule has 0 aliphatic heterocycles. The second kappa shape index (κ2) is 9.20. The Labute approximate surface area is 158 Å². The van der Waals surface area contributed by atoms with E-state index < -0.39 is 6.09 Å². The second-order valence-electron chi connectivity index (χ2n) is 5.87. The van der Waals surface area contributed by atoms with Crippen LogP contribution in [0, 0.1) is 0 Å². The van der Waals surface area contributed by atoms with E-state index in [-0.39, 0.29) is 11.7 Å². The van der Waals surface area contributed by atoms with Crippen molar-refractivity contribution >= 4 is 17.7 Å². The van der Waals surface area contributed by atoms with Crippen molar-refractivity contribution in [1.82, 2.24) is 5.32 Å². The first-order valence-electron chi connectivity index (χ1n) is 8.67. The summed E-state index contributed by atoms with van der Waals surface area (Å²) in [5.74, 6) is -0.128. The van der Waals surface area contributed by atoms with Gasteiger partial charge in [-0.05, 0) is 36.2 Å². The first-order valence-corrected chi connectivity index (χ1v) is 8.67. The van der Waals surface area contributed by atoms with Gasteiger partial charge in [0.05, 0.1) is 5.56 Å². The van der Waals surface area contributed by atoms with Crippen LogP contribution in [0.1, 0.15) is 15.9 Å². The van der Waals surface area contributed by atoms with E-state index >= 15 is 0 Å². The van der Waals surface area contributed by atoms with Crippen molar-refractivity contribution in [3.05, 3.63) is 96.1 Å². The van der Waals surface area contributed by atoms with E-state index in [4.69, 9.17) is 4.74 Å². The van der Waals surface area contributed by atoms with Crippen LogP contribution in [-0.4, -0.2) is 18.5 Å². The number of carbonyl (C=O) groups excluding carboxylic acids is 2. The first kappa shape index (κ1) is 18.2. The summed E-state index contributed by atoms with van der Waals surface area (Å²) >= 11 is 0. The third-order valence-electron chi connectivity index (χ3n) is 3.89. The lowest BCUT2D eigenvalue weighted by Crippen LogP contribution is -2.29. The van der Waals surface area contributed by atoms with Crippen molar-refractivity contribution in [2.75, 3.05) is 11.9 Å². The lowest BCUT2D eigenvalue weighted by Gasteiger charge is -2.11. The van der Waals surface area contributed by atoms with Gasteiger partial charge in [-0.25, -0.2) is 4.79 Å². The number of hydrogen-bond acceptors (Lipinski definition) is 3. The molecule has 0 saturated heterocycles. The topological polar surface area (TPSA) is 67.4 Å². The maximum Gasteiger partial charge on any atom is 0.412 e.